The van der Waals surface area contributed by atoms with Crippen LogP contribution in [-0.4, -0.2) is 55.3 Å². The Morgan fingerprint density at radius 3 is 2.68 bits per heavy atom. The first kappa shape index (κ1) is 20.3. The predicted molar refractivity (Wildman–Crippen MR) is 107 cm³/mol. The molecule has 3 heterocycles. The number of benzene rings is 1. The SMILES string of the molecule is CCOC(=O)c1cn(C2CC2)c2c(F)c(N3CC(N)C4(C3)OCCO4)c(F)cc2c1=O. The van der Waals surface area contributed by atoms with Crippen LogP contribution in [0.1, 0.15) is 36.2 Å². The molecule has 0 amide bonds. The summed E-state index contributed by atoms with van der Waals surface area (Å²) in [5, 5.41) is -0.192. The minimum Gasteiger partial charge on any atom is -0.462 e. The van der Waals surface area contributed by atoms with Crippen LogP contribution in [0.15, 0.2) is 17.1 Å². The Hall–Kier alpha value is -2.56. The third kappa shape index (κ3) is 3.12. The molecule has 31 heavy (non-hydrogen) atoms. The third-order valence-electron chi connectivity index (χ3n) is 6.11. The van der Waals surface area contributed by atoms with Gasteiger partial charge in [0.05, 0.1) is 43.3 Å². The lowest BCUT2D eigenvalue weighted by atomic mass is 10.1. The molecule has 0 bridgehead atoms. The molecule has 3 fully saturated rings. The minimum atomic E-state index is -1.10. The number of nitrogens with two attached hydrogens (primary N) is 1. The number of halogens is 2. The molecule has 1 unspecified atom stereocenters. The van der Waals surface area contributed by atoms with E-state index in [1.165, 1.54) is 11.1 Å². The van der Waals surface area contributed by atoms with Crippen molar-refractivity contribution in [1.82, 2.24) is 4.57 Å². The van der Waals surface area contributed by atoms with Crippen molar-refractivity contribution in [2.45, 2.75) is 37.6 Å². The van der Waals surface area contributed by atoms with E-state index in [-0.39, 0.29) is 47.9 Å². The maximum Gasteiger partial charge on any atom is 0.343 e. The van der Waals surface area contributed by atoms with Crippen LogP contribution in [0, 0.1) is 11.6 Å². The van der Waals surface area contributed by atoms with E-state index in [0.717, 1.165) is 18.9 Å². The fourth-order valence-electron chi connectivity index (χ4n) is 4.49. The maximum atomic E-state index is 15.8. The molecule has 0 radical (unpaired) electrons. The number of ether oxygens (including phenoxy) is 3. The molecule has 8 nitrogen and oxygen atoms in total. The Morgan fingerprint density at radius 1 is 1.32 bits per heavy atom. The van der Waals surface area contributed by atoms with E-state index < -0.39 is 34.9 Å². The van der Waals surface area contributed by atoms with E-state index in [4.69, 9.17) is 19.9 Å². The normalized spacial score (nSPS) is 22.6. The van der Waals surface area contributed by atoms with Crippen molar-refractivity contribution in [2.75, 3.05) is 37.8 Å². The lowest BCUT2D eigenvalue weighted by molar-refractivity contribution is -0.147. The van der Waals surface area contributed by atoms with Gasteiger partial charge in [-0.15, -0.1) is 0 Å². The zero-order valence-corrected chi connectivity index (χ0v) is 17.0. The lowest BCUT2D eigenvalue weighted by Crippen LogP contribution is -2.47. The molecule has 3 aliphatic rings. The third-order valence-corrected chi connectivity index (χ3v) is 6.11. The van der Waals surface area contributed by atoms with Gasteiger partial charge in [-0.3, -0.25) is 4.79 Å². The average molecular weight is 435 g/mol. The molecular formula is C21H23F2N3O5. The summed E-state index contributed by atoms with van der Waals surface area (Å²) in [6, 6.07) is 0.337. The highest BCUT2D eigenvalue weighted by Crippen LogP contribution is 2.41. The Labute approximate surface area is 176 Å². The molecule has 1 aromatic heterocycles. The summed E-state index contributed by atoms with van der Waals surface area (Å²) in [7, 11) is 0. The van der Waals surface area contributed by atoms with E-state index in [1.54, 1.807) is 11.5 Å². The van der Waals surface area contributed by atoms with Gasteiger partial charge in [-0.05, 0) is 25.8 Å². The number of pyridine rings is 1. The second kappa shape index (κ2) is 7.25. The zero-order valence-electron chi connectivity index (χ0n) is 17.0. The number of esters is 1. The molecule has 2 aromatic rings. The Kier molecular flexibility index (Phi) is 4.76. The number of carbonyl (C=O) groups is 1. The molecule has 1 aromatic carbocycles. The first-order chi connectivity index (χ1) is 14.9. The number of hydrogen-bond acceptors (Lipinski definition) is 7. The van der Waals surface area contributed by atoms with Gasteiger partial charge in [0.1, 0.15) is 17.1 Å². The van der Waals surface area contributed by atoms with Crippen LogP contribution in [0.25, 0.3) is 10.9 Å². The fourth-order valence-corrected chi connectivity index (χ4v) is 4.49. The molecule has 1 aliphatic carbocycles. The van der Waals surface area contributed by atoms with Crippen molar-refractivity contribution in [2.24, 2.45) is 5.73 Å². The molecular weight excluding hydrogens is 412 g/mol. The number of hydrogen-bond donors (Lipinski definition) is 1. The molecule has 5 rings (SSSR count). The van der Waals surface area contributed by atoms with Crippen molar-refractivity contribution in [3.8, 4) is 0 Å². The fraction of sp³-hybridized carbons (Fsp3) is 0.524. The van der Waals surface area contributed by atoms with Gasteiger partial charge in [0.15, 0.2) is 5.82 Å². The summed E-state index contributed by atoms with van der Waals surface area (Å²) in [6.45, 7) is 2.64. The number of carbonyl (C=O) groups excluding carboxylic acids is 1. The van der Waals surface area contributed by atoms with Crippen LogP contribution in [0.3, 0.4) is 0 Å². The van der Waals surface area contributed by atoms with Crippen LogP contribution < -0.4 is 16.1 Å². The smallest absolute Gasteiger partial charge is 0.343 e. The van der Waals surface area contributed by atoms with Gasteiger partial charge in [-0.25, -0.2) is 13.6 Å². The van der Waals surface area contributed by atoms with Gasteiger partial charge in [-0.2, -0.15) is 0 Å². The van der Waals surface area contributed by atoms with E-state index in [9.17, 15) is 9.59 Å². The molecule has 1 atom stereocenters. The van der Waals surface area contributed by atoms with Crippen LogP contribution in [0.5, 0.6) is 0 Å². The van der Waals surface area contributed by atoms with Crippen molar-refractivity contribution in [1.29, 1.82) is 0 Å². The molecule has 1 saturated carbocycles. The maximum absolute atomic E-state index is 15.8. The van der Waals surface area contributed by atoms with Gasteiger partial charge in [-0.1, -0.05) is 0 Å². The largest absolute Gasteiger partial charge is 0.462 e. The van der Waals surface area contributed by atoms with Crippen molar-refractivity contribution < 1.29 is 27.8 Å². The highest BCUT2D eigenvalue weighted by molar-refractivity contribution is 5.95. The van der Waals surface area contributed by atoms with Gasteiger partial charge in [0.2, 0.25) is 11.2 Å². The monoisotopic (exact) mass is 435 g/mol. The van der Waals surface area contributed by atoms with Crippen LogP contribution >= 0.6 is 0 Å². The summed E-state index contributed by atoms with van der Waals surface area (Å²) in [4.78, 5) is 26.6. The Bertz CT molecular complexity index is 1120. The van der Waals surface area contributed by atoms with Crippen LogP contribution in [-0.2, 0) is 14.2 Å². The summed E-state index contributed by atoms with van der Waals surface area (Å²) in [5.74, 6) is -3.68. The topological polar surface area (TPSA) is 96.0 Å². The van der Waals surface area contributed by atoms with Gasteiger partial charge < -0.3 is 29.4 Å². The van der Waals surface area contributed by atoms with Gasteiger partial charge >= 0.3 is 5.97 Å². The number of aromatic nitrogens is 1. The highest BCUT2D eigenvalue weighted by atomic mass is 19.1. The van der Waals surface area contributed by atoms with Crippen molar-refractivity contribution >= 4 is 22.6 Å². The van der Waals surface area contributed by atoms with Crippen molar-refractivity contribution in [3.05, 3.63) is 39.7 Å². The highest BCUT2D eigenvalue weighted by Gasteiger charge is 2.51. The molecule has 1 spiro atoms. The standard InChI is InChI=1S/C21H23F2N3O5/c1-2-29-20(28)13-8-26(11-3-4-11)17-12(19(13)27)7-14(22)18(16(17)23)25-9-15(24)21(10-25)30-5-6-31-21/h7-8,11,15H,2-6,9-10,24H2,1H3. The molecule has 10 heteroatoms. The zero-order chi connectivity index (χ0) is 21.9. The number of rotatable bonds is 4. The van der Waals surface area contributed by atoms with E-state index in [0.29, 0.717) is 13.2 Å². The summed E-state index contributed by atoms with van der Waals surface area (Å²) in [6.07, 6.45) is 2.86. The molecule has 2 N–H and O–H groups in total. The van der Waals surface area contributed by atoms with Crippen molar-refractivity contribution in [3.63, 3.8) is 0 Å². The predicted octanol–water partition coefficient (Wildman–Crippen LogP) is 1.68. The lowest BCUT2D eigenvalue weighted by Gasteiger charge is -2.26. The number of anilines is 1. The summed E-state index contributed by atoms with van der Waals surface area (Å²) >= 11 is 0. The average Bonchev–Trinajstić information content (AvgIpc) is 3.38. The first-order valence-corrected chi connectivity index (χ1v) is 10.4. The van der Waals surface area contributed by atoms with E-state index in [2.05, 4.69) is 0 Å². The van der Waals surface area contributed by atoms with E-state index in [1.807, 2.05) is 0 Å². The molecule has 2 saturated heterocycles. The van der Waals surface area contributed by atoms with E-state index >= 15 is 8.78 Å². The van der Waals surface area contributed by atoms with Gasteiger partial charge in [0.25, 0.3) is 0 Å². The van der Waals surface area contributed by atoms with Gasteiger partial charge in [0, 0.05) is 18.8 Å². The summed E-state index contributed by atoms with van der Waals surface area (Å²) in [5.41, 5.74) is 4.87. The Balaban J connectivity index is 1.67. The molecule has 166 valence electrons. The first-order valence-electron chi connectivity index (χ1n) is 10.4. The number of fused-ring (bicyclic) bond motifs is 1. The minimum absolute atomic E-state index is 0.0280. The second-order valence-electron chi connectivity index (χ2n) is 8.14. The Morgan fingerprint density at radius 2 is 2.03 bits per heavy atom. The second-order valence-corrected chi connectivity index (χ2v) is 8.14. The quantitative estimate of drug-likeness (QED) is 0.730. The number of nitrogens with zero attached hydrogens (tertiary/aromatic N) is 2. The van der Waals surface area contributed by atoms with Crippen LogP contribution in [0.2, 0.25) is 0 Å². The van der Waals surface area contributed by atoms with Crippen LogP contribution in [0.4, 0.5) is 14.5 Å². The summed E-state index contributed by atoms with van der Waals surface area (Å²) < 4.78 is 48.8. The molecule has 2 aliphatic heterocycles.